The van der Waals surface area contributed by atoms with E-state index in [4.69, 9.17) is 0 Å². The smallest absolute Gasteiger partial charge is 0.0194 e. The molecule has 4 heteroatoms. The monoisotopic (exact) mass is 446 g/mol. The first-order valence-electron chi connectivity index (χ1n) is 13.9. The molecule has 0 amide bonds. The summed E-state index contributed by atoms with van der Waals surface area (Å²) in [5, 5.41) is 3.47. The van der Waals surface area contributed by atoms with E-state index < -0.39 is 0 Å². The zero-order valence-corrected chi connectivity index (χ0v) is 22.7. The summed E-state index contributed by atoms with van der Waals surface area (Å²) in [5.74, 6) is 5.91. The van der Waals surface area contributed by atoms with Crippen LogP contribution in [0.4, 0.5) is 0 Å². The molecule has 4 aliphatic heterocycles. The van der Waals surface area contributed by atoms with Gasteiger partial charge in [0.25, 0.3) is 0 Å². The number of likely N-dealkylation sites (tertiary alicyclic amines) is 3. The number of nitrogens with one attached hydrogen (secondary N) is 1. The van der Waals surface area contributed by atoms with Crippen LogP contribution in [-0.2, 0) is 0 Å². The first-order chi connectivity index (χ1) is 15.0. The summed E-state index contributed by atoms with van der Waals surface area (Å²) >= 11 is 0. The molecule has 7 unspecified atom stereocenters. The third-order valence-electron chi connectivity index (χ3n) is 11.4. The zero-order valence-electron chi connectivity index (χ0n) is 22.7. The highest BCUT2D eigenvalue weighted by atomic mass is 15.2. The van der Waals surface area contributed by atoms with Crippen LogP contribution in [0.1, 0.15) is 73.1 Å². The highest BCUT2D eigenvalue weighted by Gasteiger charge is 2.48. The molecule has 0 aromatic heterocycles. The van der Waals surface area contributed by atoms with Crippen LogP contribution in [0.15, 0.2) is 0 Å². The quantitative estimate of drug-likeness (QED) is 0.595. The second kappa shape index (κ2) is 9.47. The molecular weight excluding hydrogens is 392 g/mol. The van der Waals surface area contributed by atoms with Gasteiger partial charge in [0, 0.05) is 43.3 Å². The molecule has 1 N–H and O–H groups in total. The van der Waals surface area contributed by atoms with E-state index in [1.165, 1.54) is 71.2 Å². The first kappa shape index (κ1) is 24.9. The molecule has 4 saturated heterocycles. The molecule has 186 valence electrons. The Hall–Kier alpha value is -0.160. The maximum Gasteiger partial charge on any atom is 0.0194 e. The minimum atomic E-state index is 0.425. The van der Waals surface area contributed by atoms with Crippen LogP contribution in [0.2, 0.25) is 0 Å². The summed E-state index contributed by atoms with van der Waals surface area (Å²) in [6.07, 6.45) is 8.93. The largest absolute Gasteiger partial charge is 0.316 e. The van der Waals surface area contributed by atoms with E-state index in [9.17, 15) is 0 Å². The summed E-state index contributed by atoms with van der Waals surface area (Å²) in [6, 6.07) is 0.868. The van der Waals surface area contributed by atoms with Crippen molar-refractivity contribution in [1.29, 1.82) is 0 Å². The van der Waals surface area contributed by atoms with Crippen molar-refractivity contribution < 1.29 is 0 Å². The van der Waals surface area contributed by atoms with Crippen LogP contribution in [0.25, 0.3) is 0 Å². The van der Waals surface area contributed by atoms with Crippen LogP contribution in [-0.4, -0.2) is 85.7 Å². The fraction of sp³-hybridized carbons (Fsp3) is 1.00. The molecule has 4 nitrogen and oxygen atoms in total. The van der Waals surface area contributed by atoms with Gasteiger partial charge in [-0.2, -0.15) is 0 Å². The highest BCUT2D eigenvalue weighted by molar-refractivity contribution is 5.03. The molecule has 6 aliphatic rings. The van der Waals surface area contributed by atoms with E-state index in [-0.39, 0.29) is 0 Å². The topological polar surface area (TPSA) is 21.8 Å². The van der Waals surface area contributed by atoms with Gasteiger partial charge in [-0.3, -0.25) is 0 Å². The van der Waals surface area contributed by atoms with Crippen molar-refractivity contribution in [3.8, 4) is 0 Å². The fourth-order valence-electron chi connectivity index (χ4n) is 8.47. The molecule has 4 heterocycles. The minimum absolute atomic E-state index is 0.425. The van der Waals surface area contributed by atoms with E-state index in [0.717, 1.165) is 41.5 Å². The Labute approximate surface area is 199 Å². The van der Waals surface area contributed by atoms with Gasteiger partial charge in [0.05, 0.1) is 0 Å². The van der Waals surface area contributed by atoms with Gasteiger partial charge in [-0.25, -0.2) is 0 Å². The molecule has 0 aromatic carbocycles. The van der Waals surface area contributed by atoms with E-state index in [2.05, 4.69) is 75.8 Å². The van der Waals surface area contributed by atoms with Crippen molar-refractivity contribution in [1.82, 2.24) is 20.0 Å². The maximum atomic E-state index is 3.47. The molecule has 0 bridgehead atoms. The molecule has 0 aromatic rings. The summed E-state index contributed by atoms with van der Waals surface area (Å²) < 4.78 is 0. The normalized spacial score (nSPS) is 44.4. The fourth-order valence-corrected chi connectivity index (χ4v) is 8.47. The van der Waals surface area contributed by atoms with Crippen LogP contribution in [0.5, 0.6) is 0 Å². The summed E-state index contributed by atoms with van der Waals surface area (Å²) in [5.41, 5.74) is 0.912. The van der Waals surface area contributed by atoms with Crippen LogP contribution >= 0.6 is 0 Å². The molecular formula is C28H54N4. The van der Waals surface area contributed by atoms with Crippen molar-refractivity contribution in [2.75, 3.05) is 53.9 Å². The minimum Gasteiger partial charge on any atom is -0.316 e. The molecule has 2 saturated carbocycles. The van der Waals surface area contributed by atoms with Crippen LogP contribution < -0.4 is 5.32 Å². The lowest BCUT2D eigenvalue weighted by molar-refractivity contribution is 0.169. The van der Waals surface area contributed by atoms with Crippen LogP contribution in [0, 0.1) is 35.5 Å². The van der Waals surface area contributed by atoms with Gasteiger partial charge >= 0.3 is 0 Å². The number of hydrogen-bond acceptors (Lipinski definition) is 4. The van der Waals surface area contributed by atoms with Crippen molar-refractivity contribution in [2.24, 2.45) is 35.5 Å². The van der Waals surface area contributed by atoms with Crippen molar-refractivity contribution >= 4 is 0 Å². The first-order valence-corrected chi connectivity index (χ1v) is 13.9. The van der Waals surface area contributed by atoms with Gasteiger partial charge in [0.2, 0.25) is 0 Å². The maximum absolute atomic E-state index is 3.47. The third-order valence-corrected chi connectivity index (χ3v) is 11.4. The molecule has 2 aliphatic carbocycles. The Morgan fingerprint density at radius 1 is 0.656 bits per heavy atom. The Kier molecular flexibility index (Phi) is 7.39. The third kappa shape index (κ3) is 4.55. The summed E-state index contributed by atoms with van der Waals surface area (Å²) in [6.45, 7) is 18.4. The Morgan fingerprint density at radius 2 is 1.25 bits per heavy atom. The van der Waals surface area contributed by atoms with E-state index in [0.29, 0.717) is 11.1 Å². The summed E-state index contributed by atoms with van der Waals surface area (Å²) in [4.78, 5) is 7.57. The van der Waals surface area contributed by atoms with Gasteiger partial charge < -0.3 is 20.0 Å². The van der Waals surface area contributed by atoms with Crippen molar-refractivity contribution in [2.45, 2.75) is 90.3 Å². The molecule has 32 heavy (non-hydrogen) atoms. The van der Waals surface area contributed by atoms with E-state index in [1.54, 1.807) is 0 Å². The second-order valence-corrected chi connectivity index (χ2v) is 13.4. The number of nitrogens with zero attached hydrogens (tertiary/aromatic N) is 3. The van der Waals surface area contributed by atoms with Gasteiger partial charge in [0.15, 0.2) is 0 Å². The molecule has 7 atom stereocenters. The van der Waals surface area contributed by atoms with Crippen molar-refractivity contribution in [3.05, 3.63) is 0 Å². The molecule has 6 fully saturated rings. The van der Waals surface area contributed by atoms with Gasteiger partial charge in [-0.05, 0) is 123 Å². The lowest BCUT2D eigenvalue weighted by Crippen LogP contribution is -2.41. The summed E-state index contributed by atoms with van der Waals surface area (Å²) in [7, 11) is 6.79. The van der Waals surface area contributed by atoms with Gasteiger partial charge in [-0.1, -0.05) is 12.8 Å². The van der Waals surface area contributed by atoms with E-state index >= 15 is 0 Å². The zero-order chi connectivity index (χ0) is 23.3. The van der Waals surface area contributed by atoms with Crippen LogP contribution in [0.3, 0.4) is 0 Å². The number of fused-ring (bicyclic) bond motifs is 3. The van der Waals surface area contributed by atoms with Gasteiger partial charge in [-0.15, -0.1) is 0 Å². The SMILES string of the molecule is CC1C2CCCC2CN1C.CN1CC2CCCC2C1(C)C.CN1CC2CNCC2C1(C)C. The lowest BCUT2D eigenvalue weighted by Gasteiger charge is -2.32. The lowest BCUT2D eigenvalue weighted by atomic mass is 9.85. The second-order valence-electron chi connectivity index (χ2n) is 13.4. The number of hydrogen-bond donors (Lipinski definition) is 1. The Bertz CT molecular complexity index is 591. The number of rotatable bonds is 0. The Balaban J connectivity index is 0.000000115. The molecule has 0 spiro atoms. The molecule has 6 rings (SSSR count). The van der Waals surface area contributed by atoms with Gasteiger partial charge in [0.1, 0.15) is 0 Å². The standard InChI is InChI=1S/C10H19N.C9H18N2.C9H17N/c1-10(2)9-6-4-5-8(9)7-11(10)3;1-9(2)8-5-10-4-7(8)6-11(9)3;1-7-9-5-3-4-8(9)6-10(7)2/h8-9H,4-7H2,1-3H3;7-8,10H,4-6H2,1-3H3;7-9H,3-6H2,1-2H3. The average Bonchev–Trinajstić information content (AvgIpc) is 3.53. The average molecular weight is 447 g/mol. The Morgan fingerprint density at radius 3 is 1.88 bits per heavy atom. The predicted molar refractivity (Wildman–Crippen MR) is 137 cm³/mol. The van der Waals surface area contributed by atoms with E-state index in [1.807, 2.05) is 0 Å². The highest BCUT2D eigenvalue weighted by Crippen LogP contribution is 2.47. The van der Waals surface area contributed by atoms with Crippen molar-refractivity contribution in [3.63, 3.8) is 0 Å². The predicted octanol–water partition coefficient (Wildman–Crippen LogP) is 4.41. The molecule has 0 radical (unpaired) electrons.